The van der Waals surface area contributed by atoms with Crippen LogP contribution in [0, 0.1) is 0 Å². The monoisotopic (exact) mass is 403 g/mol. The van der Waals surface area contributed by atoms with Crippen LogP contribution in [0.4, 0.5) is 5.69 Å². The molecule has 0 aromatic heterocycles. The molecule has 0 fully saturated rings. The quantitative estimate of drug-likeness (QED) is 0.513. The summed E-state index contributed by atoms with van der Waals surface area (Å²) in [4.78, 5) is 13.1. The van der Waals surface area contributed by atoms with Gasteiger partial charge in [-0.15, -0.1) is 0 Å². The van der Waals surface area contributed by atoms with Gasteiger partial charge in [-0.3, -0.25) is 4.79 Å². The van der Waals surface area contributed by atoms with Gasteiger partial charge in [0.25, 0.3) is 0 Å². The Morgan fingerprint density at radius 3 is 2.41 bits per heavy atom. The third kappa shape index (κ3) is 2.76. The van der Waals surface area contributed by atoms with Gasteiger partial charge in [-0.05, 0) is 54.8 Å². The van der Waals surface area contributed by atoms with Gasteiger partial charge in [-0.1, -0.05) is 54.9 Å². The number of fused-ring (bicyclic) bond motifs is 5. The summed E-state index contributed by atoms with van der Waals surface area (Å²) in [5.41, 5.74) is 5.69. The minimum absolute atomic E-state index is 0.187. The number of rotatable bonds is 1. The summed E-state index contributed by atoms with van der Waals surface area (Å²) in [5, 5.41) is 4.13. The van der Waals surface area contributed by atoms with Crippen LogP contribution >= 0.6 is 11.6 Å². The van der Waals surface area contributed by atoms with E-state index < -0.39 is 5.54 Å². The standard InChI is InChI=1S/C25H22ClNO2/c1-14-21-19(27-25(2,3)24(14)28)13-12-18-17-6-4-5-7-20(17)29-23(22(18)21)15-8-10-16(26)11-9-15/h4-14,23,27H,1-3H3/t14-,23+/m0/s1. The molecular formula is C25H22ClNO2. The molecule has 29 heavy (non-hydrogen) atoms. The molecular weight excluding hydrogens is 382 g/mol. The van der Waals surface area contributed by atoms with Crippen LogP contribution in [0.2, 0.25) is 5.02 Å². The van der Waals surface area contributed by atoms with E-state index in [2.05, 4.69) is 23.5 Å². The second kappa shape index (κ2) is 6.36. The summed E-state index contributed by atoms with van der Waals surface area (Å²) in [6.07, 6.45) is -0.301. The Morgan fingerprint density at radius 1 is 0.931 bits per heavy atom. The topological polar surface area (TPSA) is 38.3 Å². The molecule has 2 heterocycles. The molecule has 4 heteroatoms. The molecule has 0 saturated heterocycles. The van der Waals surface area contributed by atoms with E-state index in [1.807, 2.05) is 63.2 Å². The Hall–Kier alpha value is -2.78. The van der Waals surface area contributed by atoms with E-state index in [1.54, 1.807) is 0 Å². The Bertz CT molecular complexity index is 1130. The molecule has 2 aliphatic heterocycles. The average molecular weight is 404 g/mol. The summed E-state index contributed by atoms with van der Waals surface area (Å²) in [7, 11) is 0. The predicted molar refractivity (Wildman–Crippen MR) is 117 cm³/mol. The van der Waals surface area contributed by atoms with Gasteiger partial charge in [0.05, 0.1) is 5.54 Å². The summed E-state index contributed by atoms with van der Waals surface area (Å²) in [5.74, 6) is 0.815. The maximum atomic E-state index is 13.1. The molecule has 2 aliphatic rings. The minimum Gasteiger partial charge on any atom is -0.480 e. The van der Waals surface area contributed by atoms with Crippen LogP contribution in [-0.4, -0.2) is 11.3 Å². The number of para-hydroxylation sites is 1. The molecule has 0 unspecified atom stereocenters. The zero-order chi connectivity index (χ0) is 20.3. The molecule has 0 spiro atoms. The normalized spacial score (nSPS) is 21.3. The van der Waals surface area contributed by atoms with Crippen LogP contribution in [0.15, 0.2) is 60.7 Å². The maximum Gasteiger partial charge on any atom is 0.164 e. The lowest BCUT2D eigenvalue weighted by molar-refractivity contribution is -0.123. The van der Waals surface area contributed by atoms with Crippen molar-refractivity contribution in [1.82, 2.24) is 0 Å². The van der Waals surface area contributed by atoms with Crippen LogP contribution in [0.25, 0.3) is 11.1 Å². The van der Waals surface area contributed by atoms with Gasteiger partial charge >= 0.3 is 0 Å². The highest BCUT2D eigenvalue weighted by Crippen LogP contribution is 2.51. The molecule has 2 atom stereocenters. The van der Waals surface area contributed by atoms with Crippen molar-refractivity contribution >= 4 is 23.1 Å². The SMILES string of the molecule is C[C@@H]1C(=O)C(C)(C)Nc2ccc3c(c21)[C@@H](c1ccc(Cl)cc1)Oc1ccccc1-3. The van der Waals surface area contributed by atoms with Crippen LogP contribution in [0.5, 0.6) is 5.75 Å². The van der Waals surface area contributed by atoms with E-state index in [1.165, 1.54) is 0 Å². The van der Waals surface area contributed by atoms with Gasteiger partial charge in [0, 0.05) is 27.8 Å². The summed E-state index contributed by atoms with van der Waals surface area (Å²) >= 11 is 6.13. The van der Waals surface area contributed by atoms with Crippen molar-refractivity contribution in [3.05, 3.63) is 82.4 Å². The number of Topliss-reactive ketones (excluding diaryl/α,β-unsaturated/α-hetero) is 1. The molecule has 3 aromatic rings. The van der Waals surface area contributed by atoms with E-state index in [9.17, 15) is 4.79 Å². The third-order valence-electron chi connectivity index (χ3n) is 6.03. The lowest BCUT2D eigenvalue weighted by atomic mass is 9.74. The van der Waals surface area contributed by atoms with Gasteiger partial charge in [0.2, 0.25) is 0 Å². The molecule has 0 bridgehead atoms. The molecule has 3 aromatic carbocycles. The van der Waals surface area contributed by atoms with Gasteiger partial charge in [-0.25, -0.2) is 0 Å². The van der Waals surface area contributed by atoms with Crippen molar-refractivity contribution in [2.75, 3.05) is 5.32 Å². The van der Waals surface area contributed by atoms with Crippen LogP contribution in [0.3, 0.4) is 0 Å². The lowest BCUT2D eigenvalue weighted by Gasteiger charge is -2.40. The van der Waals surface area contributed by atoms with Gasteiger partial charge in [0.15, 0.2) is 5.78 Å². The van der Waals surface area contributed by atoms with Gasteiger partial charge < -0.3 is 10.1 Å². The number of halogens is 1. The van der Waals surface area contributed by atoms with Crippen molar-refractivity contribution in [1.29, 1.82) is 0 Å². The van der Waals surface area contributed by atoms with E-state index >= 15 is 0 Å². The maximum absolute atomic E-state index is 13.1. The number of anilines is 1. The number of hydrogen-bond acceptors (Lipinski definition) is 3. The van der Waals surface area contributed by atoms with Crippen molar-refractivity contribution in [3.8, 4) is 16.9 Å². The van der Waals surface area contributed by atoms with Crippen LogP contribution < -0.4 is 10.1 Å². The van der Waals surface area contributed by atoms with Gasteiger partial charge in [-0.2, -0.15) is 0 Å². The Balaban J connectivity index is 1.80. The fourth-order valence-corrected chi connectivity index (χ4v) is 4.78. The van der Waals surface area contributed by atoms with Crippen LogP contribution in [-0.2, 0) is 4.79 Å². The first kappa shape index (κ1) is 18.3. The zero-order valence-electron chi connectivity index (χ0n) is 16.6. The van der Waals surface area contributed by atoms with E-state index in [-0.39, 0.29) is 17.8 Å². The first-order valence-electron chi connectivity index (χ1n) is 9.87. The zero-order valence-corrected chi connectivity index (χ0v) is 17.4. The summed E-state index contributed by atoms with van der Waals surface area (Å²) in [6.45, 7) is 5.89. The first-order chi connectivity index (χ1) is 13.9. The highest BCUT2D eigenvalue weighted by atomic mass is 35.5. The number of carbonyl (C=O) groups is 1. The average Bonchev–Trinajstić information content (AvgIpc) is 2.71. The summed E-state index contributed by atoms with van der Waals surface area (Å²) in [6, 6.07) is 20.1. The second-order valence-corrected chi connectivity index (χ2v) is 8.81. The molecule has 0 aliphatic carbocycles. The third-order valence-corrected chi connectivity index (χ3v) is 6.29. The van der Waals surface area contributed by atoms with Crippen molar-refractivity contribution in [2.24, 2.45) is 0 Å². The number of carbonyl (C=O) groups excluding carboxylic acids is 1. The first-order valence-corrected chi connectivity index (χ1v) is 10.3. The molecule has 0 saturated carbocycles. The fraction of sp³-hybridized carbons (Fsp3) is 0.240. The molecule has 5 rings (SSSR count). The van der Waals surface area contributed by atoms with Crippen molar-refractivity contribution in [3.63, 3.8) is 0 Å². The van der Waals surface area contributed by atoms with Gasteiger partial charge in [0.1, 0.15) is 11.9 Å². The van der Waals surface area contributed by atoms with Crippen molar-refractivity contribution in [2.45, 2.75) is 38.3 Å². The molecule has 146 valence electrons. The number of ketones is 1. The highest BCUT2D eigenvalue weighted by molar-refractivity contribution is 6.30. The van der Waals surface area contributed by atoms with Crippen molar-refractivity contribution < 1.29 is 9.53 Å². The Labute approximate surface area is 175 Å². The highest BCUT2D eigenvalue weighted by Gasteiger charge is 2.42. The van der Waals surface area contributed by atoms with E-state index in [0.717, 1.165) is 39.3 Å². The Kier molecular flexibility index (Phi) is 4.01. The number of nitrogens with one attached hydrogen (secondary N) is 1. The fourth-order valence-electron chi connectivity index (χ4n) is 4.65. The number of hydrogen-bond donors (Lipinski definition) is 1. The lowest BCUT2D eigenvalue weighted by Crippen LogP contribution is -2.47. The molecule has 1 N–H and O–H groups in total. The largest absolute Gasteiger partial charge is 0.480 e. The second-order valence-electron chi connectivity index (χ2n) is 8.37. The smallest absolute Gasteiger partial charge is 0.164 e. The molecule has 3 nitrogen and oxygen atoms in total. The minimum atomic E-state index is -0.593. The van der Waals surface area contributed by atoms with E-state index in [0.29, 0.717) is 5.02 Å². The Morgan fingerprint density at radius 2 is 1.66 bits per heavy atom. The number of benzene rings is 3. The predicted octanol–water partition coefficient (Wildman–Crippen LogP) is 6.37. The van der Waals surface area contributed by atoms with E-state index in [4.69, 9.17) is 16.3 Å². The van der Waals surface area contributed by atoms with Crippen LogP contribution in [0.1, 0.15) is 49.5 Å². The number of ether oxygens (including phenoxy) is 1. The summed E-state index contributed by atoms with van der Waals surface area (Å²) < 4.78 is 6.50. The molecule has 0 amide bonds. The molecule has 0 radical (unpaired) electrons.